The van der Waals surface area contributed by atoms with Gasteiger partial charge in [-0.05, 0) is 17.3 Å². The second kappa shape index (κ2) is 3.82. The lowest BCUT2D eigenvalue weighted by Gasteiger charge is -2.58. The molecule has 2 nitrogen and oxygen atoms in total. The highest BCUT2D eigenvalue weighted by Gasteiger charge is 2.58. The molecule has 1 aliphatic rings. The molecule has 1 saturated carbocycles. The van der Waals surface area contributed by atoms with E-state index in [2.05, 4.69) is 27.7 Å². The van der Waals surface area contributed by atoms with Gasteiger partial charge in [-0.2, -0.15) is 0 Å². The van der Waals surface area contributed by atoms with Crippen LogP contribution in [0.5, 0.6) is 0 Å². The first kappa shape index (κ1) is 12.0. The molecule has 0 aromatic rings. The average Bonchev–Trinajstić information content (AvgIpc) is 2.03. The fraction of sp³-hybridized carbons (Fsp3) is 1.00. The van der Waals surface area contributed by atoms with Gasteiger partial charge in [0.15, 0.2) is 5.79 Å². The Morgan fingerprint density at radius 1 is 0.857 bits per heavy atom. The number of methoxy groups -OCH3 is 2. The lowest BCUT2D eigenvalue weighted by molar-refractivity contribution is -0.314. The maximum atomic E-state index is 5.46. The van der Waals surface area contributed by atoms with Crippen LogP contribution in [-0.2, 0) is 9.47 Å². The highest BCUT2D eigenvalue weighted by Crippen LogP contribution is 2.59. The van der Waals surface area contributed by atoms with Gasteiger partial charge < -0.3 is 9.47 Å². The Balaban J connectivity index is 2.73. The smallest absolute Gasteiger partial charge is 0.168 e. The second-order valence-electron chi connectivity index (χ2n) is 5.22. The highest BCUT2D eigenvalue weighted by molar-refractivity contribution is 5.03. The van der Waals surface area contributed by atoms with Crippen LogP contribution >= 0.6 is 0 Å². The van der Waals surface area contributed by atoms with Crippen LogP contribution in [0.4, 0.5) is 0 Å². The van der Waals surface area contributed by atoms with Gasteiger partial charge in [0, 0.05) is 27.1 Å². The maximum Gasteiger partial charge on any atom is 0.168 e. The topological polar surface area (TPSA) is 18.5 Å². The second-order valence-corrected chi connectivity index (χ2v) is 5.22. The number of hydrogen-bond donors (Lipinski definition) is 0. The molecule has 1 aliphatic carbocycles. The molecule has 2 heteroatoms. The molecule has 0 radical (unpaired) electrons. The first-order valence-corrected chi connectivity index (χ1v) is 5.53. The molecule has 0 saturated heterocycles. The van der Waals surface area contributed by atoms with Crippen molar-refractivity contribution < 1.29 is 9.47 Å². The molecule has 0 spiro atoms. The van der Waals surface area contributed by atoms with Crippen LogP contribution in [-0.4, -0.2) is 20.0 Å². The van der Waals surface area contributed by atoms with Gasteiger partial charge in [-0.1, -0.05) is 27.7 Å². The standard InChI is InChI=1S/C12H24O2/c1-9(2)11(10(3)4)7-12(8-11,13-5)14-6/h9-10H,7-8H2,1-6H3. The summed E-state index contributed by atoms with van der Waals surface area (Å²) >= 11 is 0. The van der Waals surface area contributed by atoms with E-state index < -0.39 is 0 Å². The van der Waals surface area contributed by atoms with Gasteiger partial charge in [0.1, 0.15) is 0 Å². The zero-order valence-corrected chi connectivity index (χ0v) is 10.4. The molecular formula is C12H24O2. The van der Waals surface area contributed by atoms with E-state index in [1.165, 1.54) is 0 Å². The SMILES string of the molecule is COC1(OC)CC(C(C)C)(C(C)C)C1. The monoisotopic (exact) mass is 200 g/mol. The largest absolute Gasteiger partial charge is 0.353 e. The first-order chi connectivity index (χ1) is 6.42. The van der Waals surface area contributed by atoms with Crippen molar-refractivity contribution in [1.29, 1.82) is 0 Å². The van der Waals surface area contributed by atoms with E-state index in [9.17, 15) is 0 Å². The van der Waals surface area contributed by atoms with Crippen LogP contribution in [0.1, 0.15) is 40.5 Å². The third-order valence-corrected chi connectivity index (χ3v) is 4.24. The molecule has 0 amide bonds. The Kier molecular flexibility index (Phi) is 3.27. The summed E-state index contributed by atoms with van der Waals surface area (Å²) in [4.78, 5) is 0. The predicted octanol–water partition coefficient (Wildman–Crippen LogP) is 3.07. The molecule has 0 atom stereocenters. The van der Waals surface area contributed by atoms with E-state index in [-0.39, 0.29) is 5.79 Å². The van der Waals surface area contributed by atoms with Gasteiger partial charge >= 0.3 is 0 Å². The number of rotatable bonds is 4. The van der Waals surface area contributed by atoms with Gasteiger partial charge in [0.05, 0.1) is 0 Å². The summed E-state index contributed by atoms with van der Waals surface area (Å²) in [7, 11) is 3.49. The lowest BCUT2D eigenvalue weighted by atomic mass is 9.53. The fourth-order valence-electron chi connectivity index (χ4n) is 2.81. The minimum Gasteiger partial charge on any atom is -0.353 e. The van der Waals surface area contributed by atoms with E-state index in [0.717, 1.165) is 12.8 Å². The summed E-state index contributed by atoms with van der Waals surface area (Å²) in [6.07, 6.45) is 2.06. The van der Waals surface area contributed by atoms with Gasteiger partial charge in [-0.15, -0.1) is 0 Å². The van der Waals surface area contributed by atoms with Crippen LogP contribution < -0.4 is 0 Å². The first-order valence-electron chi connectivity index (χ1n) is 5.53. The van der Waals surface area contributed by atoms with Crippen molar-refractivity contribution >= 4 is 0 Å². The highest BCUT2D eigenvalue weighted by atomic mass is 16.7. The Hall–Kier alpha value is -0.0800. The normalized spacial score (nSPS) is 24.0. The molecule has 1 rings (SSSR count). The molecule has 14 heavy (non-hydrogen) atoms. The Labute approximate surface area is 88.0 Å². The molecule has 84 valence electrons. The minimum atomic E-state index is -0.297. The van der Waals surface area contributed by atoms with Crippen LogP contribution in [0.2, 0.25) is 0 Å². The fourth-order valence-corrected chi connectivity index (χ4v) is 2.81. The summed E-state index contributed by atoms with van der Waals surface area (Å²) in [5.74, 6) is 1.09. The average molecular weight is 200 g/mol. The molecule has 0 aromatic heterocycles. The molecule has 0 bridgehead atoms. The Morgan fingerprint density at radius 2 is 1.21 bits per heavy atom. The van der Waals surface area contributed by atoms with Crippen molar-refractivity contribution in [1.82, 2.24) is 0 Å². The third kappa shape index (κ3) is 1.59. The zero-order chi connectivity index (χ0) is 11.0. The van der Waals surface area contributed by atoms with E-state index in [4.69, 9.17) is 9.47 Å². The van der Waals surface area contributed by atoms with Gasteiger partial charge in [-0.25, -0.2) is 0 Å². The van der Waals surface area contributed by atoms with Gasteiger partial charge in [-0.3, -0.25) is 0 Å². The van der Waals surface area contributed by atoms with Crippen molar-refractivity contribution in [3.63, 3.8) is 0 Å². The molecule has 0 aromatic carbocycles. The molecule has 0 heterocycles. The van der Waals surface area contributed by atoms with Crippen LogP contribution in [0.25, 0.3) is 0 Å². The van der Waals surface area contributed by atoms with Crippen molar-refractivity contribution in [2.75, 3.05) is 14.2 Å². The van der Waals surface area contributed by atoms with Crippen LogP contribution in [0.3, 0.4) is 0 Å². The van der Waals surface area contributed by atoms with E-state index in [0.29, 0.717) is 17.3 Å². The van der Waals surface area contributed by atoms with E-state index in [1.54, 1.807) is 14.2 Å². The summed E-state index contributed by atoms with van der Waals surface area (Å²) in [6.45, 7) is 9.20. The van der Waals surface area contributed by atoms with Crippen molar-refractivity contribution in [2.24, 2.45) is 17.3 Å². The third-order valence-electron chi connectivity index (χ3n) is 4.24. The quantitative estimate of drug-likeness (QED) is 0.649. The predicted molar refractivity (Wildman–Crippen MR) is 58.1 cm³/mol. The molecule has 0 aliphatic heterocycles. The van der Waals surface area contributed by atoms with Gasteiger partial charge in [0.2, 0.25) is 0 Å². The summed E-state index contributed by atoms with van der Waals surface area (Å²) in [6, 6.07) is 0. The summed E-state index contributed by atoms with van der Waals surface area (Å²) < 4.78 is 10.9. The molecule has 0 unspecified atom stereocenters. The van der Waals surface area contributed by atoms with Crippen LogP contribution in [0.15, 0.2) is 0 Å². The van der Waals surface area contributed by atoms with E-state index in [1.807, 2.05) is 0 Å². The Morgan fingerprint density at radius 3 is 1.43 bits per heavy atom. The summed E-state index contributed by atoms with van der Waals surface area (Å²) in [5, 5.41) is 0. The molecule has 1 fully saturated rings. The molecule has 0 N–H and O–H groups in total. The van der Waals surface area contributed by atoms with Crippen molar-refractivity contribution in [3.05, 3.63) is 0 Å². The number of ether oxygens (including phenoxy) is 2. The van der Waals surface area contributed by atoms with Crippen molar-refractivity contribution in [2.45, 2.75) is 46.3 Å². The zero-order valence-electron chi connectivity index (χ0n) is 10.4. The maximum absolute atomic E-state index is 5.46. The lowest BCUT2D eigenvalue weighted by Crippen LogP contribution is -2.58. The molecular weight excluding hydrogens is 176 g/mol. The van der Waals surface area contributed by atoms with Crippen LogP contribution in [0, 0.1) is 17.3 Å². The minimum absolute atomic E-state index is 0.297. The number of hydrogen-bond acceptors (Lipinski definition) is 2. The van der Waals surface area contributed by atoms with Gasteiger partial charge in [0.25, 0.3) is 0 Å². The Bertz CT molecular complexity index is 174. The van der Waals surface area contributed by atoms with E-state index >= 15 is 0 Å². The summed E-state index contributed by atoms with van der Waals surface area (Å²) in [5.41, 5.74) is 0.409. The van der Waals surface area contributed by atoms with Crippen molar-refractivity contribution in [3.8, 4) is 0 Å².